The second-order valence-electron chi connectivity index (χ2n) is 3.74. The zero-order valence-electron chi connectivity index (χ0n) is 9.85. The number of anilines is 2. The SMILES string of the molecule is CCn1cc(N)cc1C(=O)Nc1cccnc1Br. The smallest absolute Gasteiger partial charge is 0.272 e. The number of aryl methyl sites for hydroxylation is 1. The van der Waals surface area contributed by atoms with Gasteiger partial charge in [-0.05, 0) is 41.1 Å². The predicted molar refractivity (Wildman–Crippen MR) is 74.4 cm³/mol. The average molecular weight is 309 g/mol. The maximum absolute atomic E-state index is 12.1. The number of pyridine rings is 1. The number of nitrogens with zero attached hydrogens (tertiary/aromatic N) is 2. The topological polar surface area (TPSA) is 72.9 Å². The zero-order chi connectivity index (χ0) is 13.1. The van der Waals surface area contributed by atoms with E-state index < -0.39 is 0 Å². The molecule has 1 amide bonds. The van der Waals surface area contributed by atoms with Crippen molar-refractivity contribution < 1.29 is 4.79 Å². The quantitative estimate of drug-likeness (QED) is 0.856. The van der Waals surface area contributed by atoms with Crippen LogP contribution in [0.3, 0.4) is 0 Å². The van der Waals surface area contributed by atoms with E-state index in [-0.39, 0.29) is 5.91 Å². The molecule has 0 spiro atoms. The summed E-state index contributed by atoms with van der Waals surface area (Å²) >= 11 is 3.28. The molecule has 2 aromatic rings. The largest absolute Gasteiger partial charge is 0.397 e. The normalized spacial score (nSPS) is 10.3. The predicted octanol–water partition coefficient (Wildman–Crippen LogP) is 2.50. The summed E-state index contributed by atoms with van der Waals surface area (Å²) < 4.78 is 2.40. The molecule has 0 atom stereocenters. The van der Waals surface area contributed by atoms with Crippen LogP contribution in [0.4, 0.5) is 11.4 Å². The molecule has 6 heteroatoms. The number of carbonyl (C=O) groups excluding carboxylic acids is 1. The van der Waals surface area contributed by atoms with Crippen molar-refractivity contribution in [1.29, 1.82) is 0 Å². The van der Waals surface area contributed by atoms with E-state index in [9.17, 15) is 4.79 Å². The van der Waals surface area contributed by atoms with Gasteiger partial charge in [-0.15, -0.1) is 0 Å². The fourth-order valence-electron chi connectivity index (χ4n) is 1.65. The van der Waals surface area contributed by atoms with Crippen LogP contribution in [-0.4, -0.2) is 15.5 Å². The number of nitrogen functional groups attached to an aromatic ring is 1. The van der Waals surface area contributed by atoms with Crippen molar-refractivity contribution in [2.45, 2.75) is 13.5 Å². The second-order valence-corrected chi connectivity index (χ2v) is 4.49. The maximum atomic E-state index is 12.1. The van der Waals surface area contributed by atoms with Gasteiger partial charge in [-0.1, -0.05) is 0 Å². The summed E-state index contributed by atoms with van der Waals surface area (Å²) in [6.07, 6.45) is 3.39. The van der Waals surface area contributed by atoms with Crippen LogP contribution in [0, 0.1) is 0 Å². The first-order chi connectivity index (χ1) is 8.61. The fraction of sp³-hybridized carbons (Fsp3) is 0.167. The Morgan fingerprint density at radius 2 is 2.39 bits per heavy atom. The van der Waals surface area contributed by atoms with Crippen LogP contribution < -0.4 is 11.1 Å². The van der Waals surface area contributed by atoms with Gasteiger partial charge in [0.25, 0.3) is 5.91 Å². The fourth-order valence-corrected chi connectivity index (χ4v) is 2.00. The summed E-state index contributed by atoms with van der Waals surface area (Å²) in [7, 11) is 0. The molecule has 0 aliphatic carbocycles. The summed E-state index contributed by atoms with van der Waals surface area (Å²) in [6.45, 7) is 2.64. The van der Waals surface area contributed by atoms with E-state index in [1.54, 1.807) is 35.2 Å². The maximum Gasteiger partial charge on any atom is 0.272 e. The second kappa shape index (κ2) is 5.22. The first kappa shape index (κ1) is 12.6. The third-order valence-electron chi connectivity index (χ3n) is 2.50. The lowest BCUT2D eigenvalue weighted by Crippen LogP contribution is -2.16. The minimum absolute atomic E-state index is 0.206. The Balaban J connectivity index is 2.25. The van der Waals surface area contributed by atoms with Gasteiger partial charge < -0.3 is 15.6 Å². The van der Waals surface area contributed by atoms with Crippen molar-refractivity contribution in [3.63, 3.8) is 0 Å². The Morgan fingerprint density at radius 3 is 3.06 bits per heavy atom. The van der Waals surface area contributed by atoms with Crippen LogP contribution in [0.1, 0.15) is 17.4 Å². The Labute approximate surface area is 113 Å². The lowest BCUT2D eigenvalue weighted by atomic mass is 10.3. The lowest BCUT2D eigenvalue weighted by Gasteiger charge is -2.08. The van der Waals surface area contributed by atoms with Gasteiger partial charge >= 0.3 is 0 Å². The third kappa shape index (κ3) is 2.53. The number of hydrogen-bond donors (Lipinski definition) is 2. The molecule has 0 saturated carbocycles. The molecule has 5 nitrogen and oxygen atoms in total. The number of aromatic nitrogens is 2. The Bertz CT molecular complexity index is 579. The zero-order valence-corrected chi connectivity index (χ0v) is 11.4. The number of hydrogen-bond acceptors (Lipinski definition) is 3. The van der Waals surface area contributed by atoms with Gasteiger partial charge in [0.15, 0.2) is 0 Å². The molecule has 0 aliphatic heterocycles. The van der Waals surface area contributed by atoms with Crippen molar-refractivity contribution >= 4 is 33.2 Å². The van der Waals surface area contributed by atoms with Crippen molar-refractivity contribution in [1.82, 2.24) is 9.55 Å². The number of rotatable bonds is 3. The highest BCUT2D eigenvalue weighted by atomic mass is 79.9. The van der Waals surface area contributed by atoms with Crippen LogP contribution in [0.25, 0.3) is 0 Å². The molecular formula is C12H13BrN4O. The lowest BCUT2D eigenvalue weighted by molar-refractivity contribution is 0.101. The first-order valence-corrected chi connectivity index (χ1v) is 6.28. The molecule has 0 unspecified atom stereocenters. The Morgan fingerprint density at radius 1 is 1.61 bits per heavy atom. The summed E-state index contributed by atoms with van der Waals surface area (Å²) in [6, 6.07) is 5.19. The van der Waals surface area contributed by atoms with Crippen LogP contribution in [0.2, 0.25) is 0 Å². The Kier molecular flexibility index (Phi) is 3.66. The molecule has 0 bridgehead atoms. The molecule has 94 valence electrons. The highest BCUT2D eigenvalue weighted by Gasteiger charge is 2.13. The molecule has 3 N–H and O–H groups in total. The van der Waals surface area contributed by atoms with E-state index >= 15 is 0 Å². The average Bonchev–Trinajstić information content (AvgIpc) is 2.73. The Hall–Kier alpha value is -1.82. The molecule has 2 heterocycles. The molecule has 2 rings (SSSR count). The van der Waals surface area contributed by atoms with Crippen molar-refractivity contribution in [3.05, 3.63) is 40.9 Å². The highest BCUT2D eigenvalue weighted by molar-refractivity contribution is 9.10. The van der Waals surface area contributed by atoms with E-state index in [1.165, 1.54) is 0 Å². The number of halogens is 1. The minimum atomic E-state index is -0.206. The molecule has 0 saturated heterocycles. The first-order valence-electron chi connectivity index (χ1n) is 5.49. The van der Waals surface area contributed by atoms with Crippen molar-refractivity contribution in [3.8, 4) is 0 Å². The summed E-state index contributed by atoms with van der Waals surface area (Å²) in [4.78, 5) is 16.2. The van der Waals surface area contributed by atoms with Gasteiger partial charge in [-0.2, -0.15) is 0 Å². The summed E-state index contributed by atoms with van der Waals surface area (Å²) in [5, 5.41) is 2.79. The molecule has 0 aliphatic rings. The van der Waals surface area contributed by atoms with Gasteiger partial charge in [0, 0.05) is 18.9 Å². The number of nitrogens with one attached hydrogen (secondary N) is 1. The third-order valence-corrected chi connectivity index (χ3v) is 3.13. The number of nitrogens with two attached hydrogens (primary N) is 1. The van der Waals surface area contributed by atoms with Crippen LogP contribution >= 0.6 is 15.9 Å². The molecule has 0 aromatic carbocycles. The van der Waals surface area contributed by atoms with E-state index in [2.05, 4.69) is 26.2 Å². The van der Waals surface area contributed by atoms with Gasteiger partial charge in [0.2, 0.25) is 0 Å². The highest BCUT2D eigenvalue weighted by Crippen LogP contribution is 2.20. The van der Waals surface area contributed by atoms with Gasteiger partial charge in [-0.25, -0.2) is 4.98 Å². The number of amides is 1. The monoisotopic (exact) mass is 308 g/mol. The molecular weight excluding hydrogens is 296 g/mol. The molecule has 0 radical (unpaired) electrons. The van der Waals surface area contributed by atoms with E-state index in [0.717, 1.165) is 0 Å². The van der Waals surface area contributed by atoms with Crippen LogP contribution in [0.5, 0.6) is 0 Å². The summed E-state index contributed by atoms with van der Waals surface area (Å²) in [5.41, 5.74) is 7.43. The molecule has 2 aromatic heterocycles. The standard InChI is InChI=1S/C12H13BrN4O/c1-2-17-7-8(14)6-10(17)12(18)16-9-4-3-5-15-11(9)13/h3-7H,2,14H2,1H3,(H,16,18). The van der Waals surface area contributed by atoms with Crippen molar-refractivity contribution in [2.24, 2.45) is 0 Å². The van der Waals surface area contributed by atoms with E-state index in [1.807, 2.05) is 6.92 Å². The van der Waals surface area contributed by atoms with Gasteiger partial charge in [-0.3, -0.25) is 4.79 Å². The number of carbonyl (C=O) groups is 1. The van der Waals surface area contributed by atoms with E-state index in [4.69, 9.17) is 5.73 Å². The van der Waals surface area contributed by atoms with Gasteiger partial charge in [0.05, 0.1) is 11.4 Å². The molecule has 18 heavy (non-hydrogen) atoms. The van der Waals surface area contributed by atoms with Crippen LogP contribution in [-0.2, 0) is 6.54 Å². The van der Waals surface area contributed by atoms with Gasteiger partial charge in [0.1, 0.15) is 10.3 Å². The van der Waals surface area contributed by atoms with Crippen molar-refractivity contribution in [2.75, 3.05) is 11.1 Å². The summed E-state index contributed by atoms with van der Waals surface area (Å²) in [5.74, 6) is -0.206. The minimum Gasteiger partial charge on any atom is -0.397 e. The molecule has 0 fully saturated rings. The van der Waals surface area contributed by atoms with E-state index in [0.29, 0.717) is 28.2 Å². The van der Waals surface area contributed by atoms with Crippen LogP contribution in [0.15, 0.2) is 35.2 Å².